The van der Waals surface area contributed by atoms with E-state index in [1.807, 2.05) is 20.8 Å². The van der Waals surface area contributed by atoms with Crippen LogP contribution in [0.4, 0.5) is 0 Å². The van der Waals surface area contributed by atoms with E-state index < -0.39 is 12.0 Å². The Hall–Kier alpha value is -1.10. The fourth-order valence-corrected chi connectivity index (χ4v) is 2.10. The molecule has 0 bridgehead atoms. The molecule has 0 aliphatic carbocycles. The van der Waals surface area contributed by atoms with Crippen molar-refractivity contribution in [3.63, 3.8) is 0 Å². The molecule has 2 unspecified atom stereocenters. The monoisotopic (exact) mass is 286 g/mol. The molecule has 0 aromatic rings. The van der Waals surface area contributed by atoms with Crippen molar-refractivity contribution in [2.24, 2.45) is 16.6 Å². The molecule has 0 rings (SSSR count). The van der Waals surface area contributed by atoms with Crippen LogP contribution >= 0.6 is 0 Å². The number of amides is 1. The second-order valence-electron chi connectivity index (χ2n) is 7.81. The number of hydrogen-bond acceptors (Lipinski definition) is 3. The molecule has 1 amide bonds. The van der Waals surface area contributed by atoms with Gasteiger partial charge in [0.25, 0.3) is 0 Å². The smallest absolute Gasteiger partial charge is 0.305 e. The van der Waals surface area contributed by atoms with E-state index >= 15 is 0 Å². The number of aliphatic carboxylic acids is 1. The second-order valence-corrected chi connectivity index (χ2v) is 7.81. The number of rotatable bonds is 6. The number of carbonyl (C=O) groups excluding carboxylic acids is 1. The highest BCUT2D eigenvalue weighted by molar-refractivity contribution is 5.78. The van der Waals surface area contributed by atoms with Crippen molar-refractivity contribution in [1.82, 2.24) is 5.32 Å². The van der Waals surface area contributed by atoms with Crippen LogP contribution < -0.4 is 11.1 Å². The lowest BCUT2D eigenvalue weighted by molar-refractivity contribution is -0.138. The summed E-state index contributed by atoms with van der Waals surface area (Å²) in [5.41, 5.74) is 5.74. The maximum Gasteiger partial charge on any atom is 0.305 e. The topological polar surface area (TPSA) is 92.4 Å². The van der Waals surface area contributed by atoms with Crippen molar-refractivity contribution < 1.29 is 14.7 Å². The first-order valence-electron chi connectivity index (χ1n) is 7.08. The Morgan fingerprint density at radius 2 is 1.60 bits per heavy atom. The minimum atomic E-state index is -0.913. The van der Waals surface area contributed by atoms with Gasteiger partial charge in [-0.05, 0) is 17.3 Å². The quantitative estimate of drug-likeness (QED) is 0.697. The number of carbonyl (C=O) groups is 2. The summed E-state index contributed by atoms with van der Waals surface area (Å²) in [7, 11) is 0. The predicted molar refractivity (Wildman–Crippen MR) is 80.3 cm³/mol. The number of nitrogens with one attached hydrogen (secondary N) is 1. The summed E-state index contributed by atoms with van der Waals surface area (Å²) < 4.78 is 0. The van der Waals surface area contributed by atoms with Crippen LogP contribution in [0, 0.1) is 10.8 Å². The van der Waals surface area contributed by atoms with Gasteiger partial charge in [-0.25, -0.2) is 0 Å². The first kappa shape index (κ1) is 18.9. The van der Waals surface area contributed by atoms with Crippen molar-refractivity contribution >= 4 is 11.9 Å². The number of carboxylic acid groups (broad SMARTS) is 1. The molecular weight excluding hydrogens is 256 g/mol. The van der Waals surface area contributed by atoms with Gasteiger partial charge in [0.15, 0.2) is 0 Å². The lowest BCUT2D eigenvalue weighted by Crippen LogP contribution is -2.46. The Bertz CT molecular complexity index is 340. The fraction of sp³-hybridized carbons (Fsp3) is 0.867. The van der Waals surface area contributed by atoms with Crippen LogP contribution in [-0.4, -0.2) is 29.1 Å². The molecule has 0 spiro atoms. The van der Waals surface area contributed by atoms with Gasteiger partial charge in [0, 0.05) is 18.5 Å². The Labute approximate surface area is 122 Å². The van der Waals surface area contributed by atoms with Crippen molar-refractivity contribution in [1.29, 1.82) is 0 Å². The van der Waals surface area contributed by atoms with Gasteiger partial charge in [0.1, 0.15) is 0 Å². The molecule has 0 saturated carbocycles. The van der Waals surface area contributed by atoms with E-state index in [9.17, 15) is 9.59 Å². The van der Waals surface area contributed by atoms with E-state index in [1.165, 1.54) is 0 Å². The van der Waals surface area contributed by atoms with Crippen LogP contribution in [0.2, 0.25) is 0 Å². The molecule has 0 heterocycles. The third kappa shape index (κ3) is 8.91. The van der Waals surface area contributed by atoms with Gasteiger partial charge in [-0.1, -0.05) is 41.5 Å². The van der Waals surface area contributed by atoms with Gasteiger partial charge in [0.05, 0.1) is 6.42 Å². The van der Waals surface area contributed by atoms with Crippen LogP contribution in [-0.2, 0) is 9.59 Å². The molecule has 0 radical (unpaired) electrons. The number of carboxylic acids is 1. The summed E-state index contributed by atoms with van der Waals surface area (Å²) >= 11 is 0. The summed E-state index contributed by atoms with van der Waals surface area (Å²) in [5, 5.41) is 11.7. The molecule has 0 saturated heterocycles. The van der Waals surface area contributed by atoms with Crippen molar-refractivity contribution in [2.45, 2.75) is 72.9 Å². The van der Waals surface area contributed by atoms with Crippen LogP contribution in [0.5, 0.6) is 0 Å². The Morgan fingerprint density at radius 3 is 1.95 bits per heavy atom. The van der Waals surface area contributed by atoms with E-state index in [1.54, 1.807) is 0 Å². The van der Waals surface area contributed by atoms with Gasteiger partial charge in [-0.3, -0.25) is 9.59 Å². The molecule has 20 heavy (non-hydrogen) atoms. The molecular formula is C15H30N2O3. The Kier molecular flexibility index (Phi) is 6.68. The van der Waals surface area contributed by atoms with Crippen LogP contribution in [0.25, 0.3) is 0 Å². The van der Waals surface area contributed by atoms with Gasteiger partial charge in [-0.2, -0.15) is 0 Å². The maximum atomic E-state index is 12.0. The standard InChI is InChI=1S/C15H30N2O3/c1-14(2,3)9-10(16)7-12(18)17-11(8-13(19)20)15(4,5)6/h10-11H,7-9,16H2,1-6H3,(H,17,18)(H,19,20). The molecule has 0 aliphatic heterocycles. The third-order valence-corrected chi connectivity index (χ3v) is 3.08. The van der Waals surface area contributed by atoms with Crippen LogP contribution in [0.3, 0.4) is 0 Å². The Balaban J connectivity index is 4.51. The van der Waals surface area contributed by atoms with Gasteiger partial charge >= 0.3 is 5.97 Å². The summed E-state index contributed by atoms with van der Waals surface area (Å²) in [6, 6.07) is -0.602. The zero-order valence-electron chi connectivity index (χ0n) is 13.6. The molecule has 118 valence electrons. The Morgan fingerprint density at radius 1 is 1.10 bits per heavy atom. The molecule has 4 N–H and O–H groups in total. The van der Waals surface area contributed by atoms with Crippen molar-refractivity contribution in [3.8, 4) is 0 Å². The number of nitrogens with two attached hydrogens (primary N) is 1. The van der Waals surface area contributed by atoms with E-state index in [2.05, 4.69) is 26.1 Å². The third-order valence-electron chi connectivity index (χ3n) is 3.08. The SMILES string of the molecule is CC(C)(C)CC(N)CC(=O)NC(CC(=O)O)C(C)(C)C. The van der Waals surface area contributed by atoms with Gasteiger partial charge in [0.2, 0.25) is 5.91 Å². The summed E-state index contributed by atoms with van der Waals surface area (Å²) in [5.74, 6) is -1.09. The molecule has 0 aromatic carbocycles. The van der Waals surface area contributed by atoms with Gasteiger partial charge in [-0.15, -0.1) is 0 Å². The molecule has 5 heteroatoms. The molecule has 0 fully saturated rings. The summed E-state index contributed by atoms with van der Waals surface area (Å²) in [4.78, 5) is 22.9. The highest BCUT2D eigenvalue weighted by Crippen LogP contribution is 2.23. The minimum absolute atomic E-state index is 0.0736. The van der Waals surface area contributed by atoms with E-state index in [0.29, 0.717) is 0 Å². The number of hydrogen-bond donors (Lipinski definition) is 3. The molecule has 5 nitrogen and oxygen atoms in total. The average Bonchev–Trinajstić information content (AvgIpc) is 2.10. The fourth-order valence-electron chi connectivity index (χ4n) is 2.10. The van der Waals surface area contributed by atoms with E-state index in [4.69, 9.17) is 10.8 Å². The highest BCUT2D eigenvalue weighted by Gasteiger charge is 2.29. The molecule has 0 aromatic heterocycles. The molecule has 2 atom stereocenters. The van der Waals surface area contributed by atoms with Crippen LogP contribution in [0.15, 0.2) is 0 Å². The van der Waals surface area contributed by atoms with Crippen LogP contribution in [0.1, 0.15) is 60.8 Å². The lowest BCUT2D eigenvalue weighted by atomic mass is 9.84. The van der Waals surface area contributed by atoms with Crippen molar-refractivity contribution in [3.05, 3.63) is 0 Å². The second kappa shape index (κ2) is 7.07. The summed E-state index contributed by atoms with van der Waals surface area (Å²) in [6.07, 6.45) is 0.896. The summed E-state index contributed by atoms with van der Waals surface area (Å²) in [6.45, 7) is 12.0. The largest absolute Gasteiger partial charge is 0.481 e. The first-order valence-corrected chi connectivity index (χ1v) is 7.08. The average molecular weight is 286 g/mol. The predicted octanol–water partition coefficient (Wildman–Crippen LogP) is 2.15. The van der Waals surface area contributed by atoms with Crippen molar-refractivity contribution in [2.75, 3.05) is 0 Å². The zero-order chi connectivity index (χ0) is 16.1. The molecule has 0 aliphatic rings. The van der Waals surface area contributed by atoms with E-state index in [0.717, 1.165) is 6.42 Å². The van der Waals surface area contributed by atoms with E-state index in [-0.39, 0.29) is 35.6 Å². The maximum absolute atomic E-state index is 12.0. The highest BCUT2D eigenvalue weighted by atomic mass is 16.4. The lowest BCUT2D eigenvalue weighted by Gasteiger charge is -2.31. The zero-order valence-corrected chi connectivity index (χ0v) is 13.6. The minimum Gasteiger partial charge on any atom is -0.481 e. The van der Waals surface area contributed by atoms with Gasteiger partial charge < -0.3 is 16.2 Å². The first-order chi connectivity index (χ1) is 8.81. The normalized spacial score (nSPS) is 15.6.